The number of nitrogens with zero attached hydrogens (tertiary/aromatic N) is 1. The largest absolute Gasteiger partial charge is 0.485 e. The predicted molar refractivity (Wildman–Crippen MR) is 69.2 cm³/mol. The Morgan fingerprint density at radius 2 is 2.12 bits per heavy atom. The van der Waals surface area contributed by atoms with Gasteiger partial charge < -0.3 is 10.5 Å². The number of pyridine rings is 1. The van der Waals surface area contributed by atoms with Crippen molar-refractivity contribution in [2.75, 3.05) is 5.73 Å². The van der Waals surface area contributed by atoms with Gasteiger partial charge in [-0.15, -0.1) is 0 Å². The van der Waals surface area contributed by atoms with Gasteiger partial charge in [-0.2, -0.15) is 0 Å². The average molecular weight is 249 g/mol. The molecule has 0 saturated carbocycles. The summed E-state index contributed by atoms with van der Waals surface area (Å²) in [5.41, 5.74) is 7.62. The Kier molecular flexibility index (Phi) is 3.49. The lowest BCUT2D eigenvalue weighted by molar-refractivity contribution is 0.307. The van der Waals surface area contributed by atoms with Crippen LogP contribution in [0.1, 0.15) is 11.3 Å². The fourth-order valence-electron chi connectivity index (χ4n) is 1.47. The molecule has 0 fully saturated rings. The Balaban J connectivity index is 2.07. The second-order valence-corrected chi connectivity index (χ2v) is 4.19. The lowest BCUT2D eigenvalue weighted by Gasteiger charge is -2.08. The first kappa shape index (κ1) is 11.7. The Morgan fingerprint density at radius 1 is 1.29 bits per heavy atom. The van der Waals surface area contributed by atoms with Crippen molar-refractivity contribution >= 4 is 17.4 Å². The average Bonchev–Trinajstić information content (AvgIpc) is 2.28. The molecule has 0 saturated heterocycles. The minimum absolute atomic E-state index is 0.409. The maximum absolute atomic E-state index is 5.89. The molecule has 2 N–H and O–H groups in total. The molecule has 4 heteroatoms. The van der Waals surface area contributed by atoms with Gasteiger partial charge in [0.15, 0.2) is 11.6 Å². The molecule has 3 nitrogen and oxygen atoms in total. The van der Waals surface area contributed by atoms with Gasteiger partial charge in [0.05, 0.1) is 0 Å². The molecule has 0 bridgehead atoms. The first-order valence-electron chi connectivity index (χ1n) is 5.25. The van der Waals surface area contributed by atoms with E-state index in [9.17, 15) is 0 Å². The molecule has 2 rings (SSSR count). The maximum atomic E-state index is 5.89. The summed E-state index contributed by atoms with van der Waals surface area (Å²) in [6.45, 7) is 2.31. The monoisotopic (exact) mass is 248 g/mol. The fraction of sp³-hybridized carbons (Fsp3) is 0.154. The van der Waals surface area contributed by atoms with Gasteiger partial charge >= 0.3 is 0 Å². The smallest absolute Gasteiger partial charge is 0.166 e. The van der Waals surface area contributed by atoms with E-state index in [1.54, 1.807) is 0 Å². The molecule has 0 radical (unpaired) electrons. The lowest BCUT2D eigenvalue weighted by atomic mass is 10.2. The molecule has 0 aliphatic heterocycles. The zero-order valence-corrected chi connectivity index (χ0v) is 10.2. The summed E-state index contributed by atoms with van der Waals surface area (Å²) in [7, 11) is 0. The molecule has 2 aromatic rings. The second-order valence-electron chi connectivity index (χ2n) is 3.75. The van der Waals surface area contributed by atoms with Crippen LogP contribution >= 0.6 is 11.6 Å². The number of hydrogen-bond acceptors (Lipinski definition) is 3. The third-order valence-electron chi connectivity index (χ3n) is 2.31. The first-order chi connectivity index (χ1) is 8.15. The minimum Gasteiger partial charge on any atom is -0.485 e. The van der Waals surface area contributed by atoms with Gasteiger partial charge in [-0.1, -0.05) is 23.7 Å². The van der Waals surface area contributed by atoms with Crippen molar-refractivity contribution in [3.05, 3.63) is 52.7 Å². The zero-order valence-electron chi connectivity index (χ0n) is 9.48. The normalized spacial score (nSPS) is 10.2. The first-order valence-corrected chi connectivity index (χ1v) is 5.63. The van der Waals surface area contributed by atoms with Gasteiger partial charge in [0.25, 0.3) is 0 Å². The van der Waals surface area contributed by atoms with Crippen LogP contribution in [0.2, 0.25) is 5.02 Å². The van der Waals surface area contributed by atoms with E-state index in [0.29, 0.717) is 23.2 Å². The topological polar surface area (TPSA) is 48.1 Å². The van der Waals surface area contributed by atoms with E-state index in [1.807, 2.05) is 43.3 Å². The molecule has 0 aliphatic carbocycles. The van der Waals surface area contributed by atoms with Gasteiger partial charge in [0, 0.05) is 10.7 Å². The Hall–Kier alpha value is -1.74. The minimum atomic E-state index is 0.409. The number of aromatic nitrogens is 1. The second kappa shape index (κ2) is 5.06. The van der Waals surface area contributed by atoms with Crippen LogP contribution in [-0.2, 0) is 6.61 Å². The summed E-state index contributed by atoms with van der Waals surface area (Å²) >= 11 is 5.89. The van der Waals surface area contributed by atoms with Crippen molar-refractivity contribution in [2.45, 2.75) is 13.5 Å². The zero-order chi connectivity index (χ0) is 12.3. The number of ether oxygens (including phenoxy) is 1. The third-order valence-corrected chi connectivity index (χ3v) is 2.54. The van der Waals surface area contributed by atoms with E-state index in [1.165, 1.54) is 0 Å². The van der Waals surface area contributed by atoms with Gasteiger partial charge in [0.2, 0.25) is 0 Å². The molecule has 0 aliphatic rings. The highest BCUT2D eigenvalue weighted by molar-refractivity contribution is 6.30. The van der Waals surface area contributed by atoms with E-state index >= 15 is 0 Å². The summed E-state index contributed by atoms with van der Waals surface area (Å²) in [5, 5.41) is 0.695. The van der Waals surface area contributed by atoms with Crippen molar-refractivity contribution in [2.24, 2.45) is 0 Å². The van der Waals surface area contributed by atoms with Crippen LogP contribution in [0.25, 0.3) is 0 Å². The molecule has 0 amide bonds. The molecule has 1 heterocycles. The van der Waals surface area contributed by atoms with Crippen LogP contribution in [0.15, 0.2) is 36.4 Å². The molecule has 0 spiro atoms. The quantitative estimate of drug-likeness (QED) is 0.907. The van der Waals surface area contributed by atoms with Crippen molar-refractivity contribution in [1.82, 2.24) is 4.98 Å². The predicted octanol–water partition coefficient (Wildman–Crippen LogP) is 3.20. The molecule has 0 atom stereocenters. The van der Waals surface area contributed by atoms with Crippen molar-refractivity contribution in [1.29, 1.82) is 0 Å². The number of aryl methyl sites for hydroxylation is 1. The van der Waals surface area contributed by atoms with Gasteiger partial charge in [-0.25, -0.2) is 4.98 Å². The van der Waals surface area contributed by atoms with Crippen LogP contribution < -0.4 is 10.5 Å². The number of nitrogens with two attached hydrogens (primary N) is 1. The van der Waals surface area contributed by atoms with E-state index in [0.717, 1.165) is 11.3 Å². The van der Waals surface area contributed by atoms with Gasteiger partial charge in [-0.3, -0.25) is 0 Å². The van der Waals surface area contributed by atoms with Crippen LogP contribution in [0.3, 0.4) is 0 Å². The summed E-state index contributed by atoms with van der Waals surface area (Å²) in [6, 6.07) is 11.2. The highest BCUT2D eigenvalue weighted by Gasteiger charge is 2.02. The molecule has 88 valence electrons. The number of rotatable bonds is 3. The van der Waals surface area contributed by atoms with Gasteiger partial charge in [-0.05, 0) is 36.8 Å². The summed E-state index contributed by atoms with van der Waals surface area (Å²) in [6.07, 6.45) is 0. The van der Waals surface area contributed by atoms with Crippen LogP contribution in [0.4, 0.5) is 5.82 Å². The van der Waals surface area contributed by atoms with E-state index in [2.05, 4.69) is 4.98 Å². The Labute approximate surface area is 105 Å². The van der Waals surface area contributed by atoms with E-state index in [4.69, 9.17) is 22.1 Å². The molecular formula is C13H13ClN2O. The lowest BCUT2D eigenvalue weighted by Crippen LogP contribution is -2.01. The molecular weight excluding hydrogens is 236 g/mol. The SMILES string of the molecule is Cc1ccc(OCc2cccc(Cl)c2)c(N)n1. The maximum Gasteiger partial charge on any atom is 0.166 e. The molecule has 17 heavy (non-hydrogen) atoms. The Morgan fingerprint density at radius 3 is 2.82 bits per heavy atom. The molecule has 1 aromatic carbocycles. The summed E-state index contributed by atoms with van der Waals surface area (Å²) in [4.78, 5) is 4.13. The summed E-state index contributed by atoms with van der Waals surface area (Å²) in [5.74, 6) is 1.00. The number of nitrogen functional groups attached to an aromatic ring is 1. The fourth-order valence-corrected chi connectivity index (χ4v) is 1.69. The number of halogens is 1. The number of anilines is 1. The summed E-state index contributed by atoms with van der Waals surface area (Å²) < 4.78 is 5.59. The number of benzene rings is 1. The van der Waals surface area contributed by atoms with Crippen LogP contribution in [0.5, 0.6) is 5.75 Å². The van der Waals surface area contributed by atoms with Crippen LogP contribution in [0, 0.1) is 6.92 Å². The molecule has 0 unspecified atom stereocenters. The van der Waals surface area contributed by atoms with E-state index in [-0.39, 0.29) is 0 Å². The third kappa shape index (κ3) is 3.11. The van der Waals surface area contributed by atoms with Crippen molar-refractivity contribution in [3.8, 4) is 5.75 Å². The highest BCUT2D eigenvalue weighted by Crippen LogP contribution is 2.20. The van der Waals surface area contributed by atoms with Crippen molar-refractivity contribution in [3.63, 3.8) is 0 Å². The molecule has 1 aromatic heterocycles. The highest BCUT2D eigenvalue weighted by atomic mass is 35.5. The Bertz CT molecular complexity index is 529. The van der Waals surface area contributed by atoms with Crippen LogP contribution in [-0.4, -0.2) is 4.98 Å². The van der Waals surface area contributed by atoms with E-state index < -0.39 is 0 Å². The standard InChI is InChI=1S/C13H13ClN2O/c1-9-5-6-12(13(15)16-9)17-8-10-3-2-4-11(14)7-10/h2-7H,8H2,1H3,(H2,15,16). The number of hydrogen-bond donors (Lipinski definition) is 1. The van der Waals surface area contributed by atoms with Gasteiger partial charge in [0.1, 0.15) is 6.61 Å². The van der Waals surface area contributed by atoms with Crippen molar-refractivity contribution < 1.29 is 4.74 Å².